The fraction of sp³-hybridized carbons (Fsp3) is 0.526. The van der Waals surface area contributed by atoms with Crippen LogP contribution in [0.1, 0.15) is 53.0 Å². The van der Waals surface area contributed by atoms with Gasteiger partial charge in [0, 0.05) is 5.54 Å². The summed E-state index contributed by atoms with van der Waals surface area (Å²) in [5.74, 6) is -0.463. The van der Waals surface area contributed by atoms with E-state index >= 15 is 0 Å². The number of benzene rings is 1. The first kappa shape index (κ1) is 21.5. The molecule has 7 nitrogen and oxygen atoms in total. The molecular formula is C19H28N2O5. The molecule has 0 heterocycles. The van der Waals surface area contributed by atoms with E-state index < -0.39 is 29.6 Å². The van der Waals surface area contributed by atoms with E-state index in [0.29, 0.717) is 11.7 Å². The summed E-state index contributed by atoms with van der Waals surface area (Å²) in [4.78, 5) is 35.3. The molecule has 1 atom stereocenters. The van der Waals surface area contributed by atoms with Crippen LogP contribution in [0.2, 0.25) is 0 Å². The summed E-state index contributed by atoms with van der Waals surface area (Å²) in [6.45, 7) is 10.6. The monoisotopic (exact) mass is 364 g/mol. The largest absolute Gasteiger partial charge is 0.482 e. The van der Waals surface area contributed by atoms with Gasteiger partial charge in [0.1, 0.15) is 5.75 Å². The van der Waals surface area contributed by atoms with Crippen LogP contribution < -0.4 is 15.4 Å². The summed E-state index contributed by atoms with van der Waals surface area (Å²) in [5, 5.41) is 4.71. The van der Waals surface area contributed by atoms with Gasteiger partial charge in [0.15, 0.2) is 12.7 Å². The van der Waals surface area contributed by atoms with Gasteiger partial charge in [-0.1, -0.05) is 26.0 Å². The lowest BCUT2D eigenvalue weighted by Crippen LogP contribution is -2.50. The van der Waals surface area contributed by atoms with Crippen molar-refractivity contribution in [1.82, 2.24) is 10.6 Å². The number of esters is 1. The van der Waals surface area contributed by atoms with Gasteiger partial charge in [-0.05, 0) is 51.3 Å². The highest BCUT2D eigenvalue weighted by atomic mass is 16.6. The molecule has 0 saturated heterocycles. The zero-order valence-corrected chi connectivity index (χ0v) is 16.2. The van der Waals surface area contributed by atoms with Gasteiger partial charge in [-0.15, -0.1) is 0 Å². The molecule has 1 aromatic carbocycles. The van der Waals surface area contributed by atoms with E-state index in [1.165, 1.54) is 12.5 Å². The molecule has 0 aliphatic carbocycles. The maximum atomic E-state index is 11.9. The number of amides is 3. The van der Waals surface area contributed by atoms with Gasteiger partial charge in [0.05, 0.1) is 0 Å². The molecule has 7 heteroatoms. The molecule has 0 bridgehead atoms. The number of imide groups is 1. The number of hydrogen-bond acceptors (Lipinski definition) is 5. The molecule has 0 unspecified atom stereocenters. The SMILES string of the molecule is CC(C)c1ccc(OCC(=O)O[C@@H](C)C(=O)NC(=O)NC(C)(C)C)cc1. The normalized spacial score (nSPS) is 12.3. The van der Waals surface area contributed by atoms with Crippen molar-refractivity contribution in [2.24, 2.45) is 0 Å². The minimum Gasteiger partial charge on any atom is -0.482 e. The Morgan fingerprint density at radius 1 is 1.04 bits per heavy atom. The van der Waals surface area contributed by atoms with Crippen molar-refractivity contribution >= 4 is 17.9 Å². The standard InChI is InChI=1S/C19H28N2O5/c1-12(2)14-7-9-15(10-8-14)25-11-16(22)26-13(3)17(23)20-18(24)21-19(4,5)6/h7-10,12-13H,11H2,1-6H3,(H2,20,21,23,24)/t13-/m0/s1. The molecule has 26 heavy (non-hydrogen) atoms. The van der Waals surface area contributed by atoms with Crippen molar-refractivity contribution in [2.45, 2.75) is 59.1 Å². The summed E-state index contributed by atoms with van der Waals surface area (Å²) in [7, 11) is 0. The zero-order chi connectivity index (χ0) is 19.9. The minimum atomic E-state index is -1.11. The molecule has 0 spiro atoms. The molecule has 0 radical (unpaired) electrons. The van der Waals surface area contributed by atoms with E-state index in [4.69, 9.17) is 9.47 Å². The van der Waals surface area contributed by atoms with Crippen LogP contribution in [-0.2, 0) is 14.3 Å². The van der Waals surface area contributed by atoms with Crippen LogP contribution in [0.3, 0.4) is 0 Å². The third kappa shape index (κ3) is 8.00. The lowest BCUT2D eigenvalue weighted by atomic mass is 10.0. The second kappa shape index (κ2) is 9.22. The Kier molecular flexibility index (Phi) is 7.61. The molecule has 0 aliphatic heterocycles. The quantitative estimate of drug-likeness (QED) is 0.757. The maximum Gasteiger partial charge on any atom is 0.344 e. The van der Waals surface area contributed by atoms with Crippen molar-refractivity contribution in [1.29, 1.82) is 0 Å². The van der Waals surface area contributed by atoms with E-state index in [-0.39, 0.29) is 6.61 Å². The van der Waals surface area contributed by atoms with Gasteiger partial charge >= 0.3 is 12.0 Å². The number of carbonyl (C=O) groups excluding carboxylic acids is 3. The van der Waals surface area contributed by atoms with Crippen molar-refractivity contribution in [3.05, 3.63) is 29.8 Å². The van der Waals surface area contributed by atoms with Crippen LogP contribution in [0.4, 0.5) is 4.79 Å². The van der Waals surface area contributed by atoms with Gasteiger partial charge in [0.2, 0.25) is 0 Å². The van der Waals surface area contributed by atoms with Gasteiger partial charge in [0.25, 0.3) is 5.91 Å². The minimum absolute atomic E-state index is 0.327. The van der Waals surface area contributed by atoms with Gasteiger partial charge in [-0.2, -0.15) is 0 Å². The number of ether oxygens (including phenoxy) is 2. The third-order valence-corrected chi connectivity index (χ3v) is 3.31. The Balaban J connectivity index is 2.41. The topological polar surface area (TPSA) is 93.7 Å². The number of nitrogens with one attached hydrogen (secondary N) is 2. The van der Waals surface area contributed by atoms with E-state index in [1.807, 2.05) is 12.1 Å². The molecule has 0 aromatic heterocycles. The van der Waals surface area contributed by atoms with E-state index in [2.05, 4.69) is 24.5 Å². The molecule has 144 valence electrons. The molecule has 1 aromatic rings. The lowest BCUT2D eigenvalue weighted by molar-refractivity contribution is -0.156. The predicted molar refractivity (Wildman–Crippen MR) is 98.0 cm³/mol. The molecule has 0 fully saturated rings. The molecular weight excluding hydrogens is 336 g/mol. The van der Waals surface area contributed by atoms with Crippen LogP contribution in [0.15, 0.2) is 24.3 Å². The average molecular weight is 364 g/mol. The molecule has 2 N–H and O–H groups in total. The summed E-state index contributed by atoms with van der Waals surface area (Å²) < 4.78 is 10.3. The number of rotatable bonds is 6. The van der Waals surface area contributed by atoms with Crippen LogP contribution in [0.5, 0.6) is 5.75 Å². The van der Waals surface area contributed by atoms with Gasteiger partial charge in [-0.3, -0.25) is 10.1 Å². The number of urea groups is 1. The highest BCUT2D eigenvalue weighted by Crippen LogP contribution is 2.18. The first-order valence-electron chi connectivity index (χ1n) is 8.53. The fourth-order valence-electron chi connectivity index (χ4n) is 1.96. The zero-order valence-electron chi connectivity index (χ0n) is 16.2. The lowest BCUT2D eigenvalue weighted by Gasteiger charge is -2.21. The third-order valence-electron chi connectivity index (χ3n) is 3.31. The van der Waals surface area contributed by atoms with Crippen molar-refractivity contribution in [2.75, 3.05) is 6.61 Å². The summed E-state index contributed by atoms with van der Waals surface area (Å²) in [5.41, 5.74) is 0.683. The average Bonchev–Trinajstić information content (AvgIpc) is 2.51. The Morgan fingerprint density at radius 3 is 2.12 bits per heavy atom. The number of hydrogen-bond donors (Lipinski definition) is 2. The maximum absolute atomic E-state index is 11.9. The summed E-state index contributed by atoms with van der Waals surface area (Å²) in [6.07, 6.45) is -1.11. The molecule has 0 saturated carbocycles. The molecule has 0 aliphatic rings. The van der Waals surface area contributed by atoms with Crippen LogP contribution in [0, 0.1) is 0 Å². The molecule has 3 amide bonds. The molecule has 1 rings (SSSR count). The van der Waals surface area contributed by atoms with Crippen molar-refractivity contribution in [3.63, 3.8) is 0 Å². The fourth-order valence-corrected chi connectivity index (χ4v) is 1.96. The van der Waals surface area contributed by atoms with Crippen LogP contribution >= 0.6 is 0 Å². The Bertz CT molecular complexity index is 632. The first-order valence-corrected chi connectivity index (χ1v) is 8.53. The first-order chi connectivity index (χ1) is 12.0. The van der Waals surface area contributed by atoms with E-state index in [1.54, 1.807) is 32.9 Å². The Hall–Kier alpha value is -2.57. The van der Waals surface area contributed by atoms with Crippen LogP contribution in [0.25, 0.3) is 0 Å². The van der Waals surface area contributed by atoms with E-state index in [0.717, 1.165) is 0 Å². The van der Waals surface area contributed by atoms with Crippen LogP contribution in [-0.4, -0.2) is 36.2 Å². The second-order valence-electron chi connectivity index (χ2n) is 7.34. The highest BCUT2D eigenvalue weighted by molar-refractivity contribution is 5.97. The highest BCUT2D eigenvalue weighted by Gasteiger charge is 2.22. The Labute approximate surface area is 154 Å². The van der Waals surface area contributed by atoms with Gasteiger partial charge < -0.3 is 14.8 Å². The summed E-state index contributed by atoms with van der Waals surface area (Å²) in [6, 6.07) is 6.75. The Morgan fingerprint density at radius 2 is 1.62 bits per heavy atom. The van der Waals surface area contributed by atoms with Crippen molar-refractivity contribution in [3.8, 4) is 5.75 Å². The smallest absolute Gasteiger partial charge is 0.344 e. The van der Waals surface area contributed by atoms with Gasteiger partial charge in [-0.25, -0.2) is 9.59 Å². The summed E-state index contributed by atoms with van der Waals surface area (Å²) >= 11 is 0. The second-order valence-corrected chi connectivity index (χ2v) is 7.34. The predicted octanol–water partition coefficient (Wildman–Crippen LogP) is 2.74. The number of carbonyl (C=O) groups is 3. The van der Waals surface area contributed by atoms with E-state index in [9.17, 15) is 14.4 Å². The van der Waals surface area contributed by atoms with Crippen molar-refractivity contribution < 1.29 is 23.9 Å².